The van der Waals surface area contributed by atoms with E-state index < -0.39 is 55.9 Å². The number of carboxylic acid groups (broad SMARTS) is 1. The molecule has 0 unspecified atom stereocenters. The molecule has 1 saturated heterocycles. The second-order valence-corrected chi connectivity index (χ2v) is 29.1. The highest BCUT2D eigenvalue weighted by Gasteiger charge is 2.43. The summed E-state index contributed by atoms with van der Waals surface area (Å²) in [6, 6.07) is 28.5. The number of nitrogens with zero attached hydrogens (tertiary/aromatic N) is 8. The molecule has 1 amide bonds. The molecule has 0 aliphatic carbocycles. The number of hydrogen-bond acceptors (Lipinski definition) is 12. The van der Waals surface area contributed by atoms with Crippen LogP contribution in [-0.2, 0) is 44.1 Å². The van der Waals surface area contributed by atoms with Crippen LogP contribution in [0, 0.1) is 0 Å². The lowest BCUT2D eigenvalue weighted by Crippen LogP contribution is -2.55. The largest absolute Gasteiger partial charge is 0.497 e. The van der Waals surface area contributed by atoms with Gasteiger partial charge in [0.05, 0.1) is 38.2 Å². The molecule has 72 heavy (non-hydrogen) atoms. The summed E-state index contributed by atoms with van der Waals surface area (Å²) in [5, 5.41) is 23.1. The smallest absolute Gasteiger partial charge is 0.407 e. The number of carbonyl (C=O) groups is 1. The fraction of sp³-hybridized carbons (Fsp3) is 0.431. The topological polar surface area (TPSA) is 218 Å². The van der Waals surface area contributed by atoms with Gasteiger partial charge in [-0.25, -0.2) is 36.0 Å². The lowest BCUT2D eigenvalue weighted by Gasteiger charge is -2.42. The summed E-state index contributed by atoms with van der Waals surface area (Å²) in [5.74, 6) is 0.829. The average molecular weight is 1040 g/mol. The first-order chi connectivity index (χ1) is 34.0. The SMILES string of the molecule is COc1ccc(Cn2nnnc2-c2c(N3CCC(c4cnc[nH]4)CC3)ccc(S(=O)(=O)NC[C@@H](CN(C(=O)O)C(C)(C)C)O[Si](C)(C)C(C)(C)C)c2S(=O)(=O)N(Cc2ccccc2)Cc2ccccc2)cc1. The van der Waals surface area contributed by atoms with Crippen molar-refractivity contribution in [2.24, 2.45) is 0 Å². The van der Waals surface area contributed by atoms with E-state index in [9.17, 15) is 9.90 Å². The van der Waals surface area contributed by atoms with Crippen LogP contribution in [0.2, 0.25) is 18.1 Å². The van der Waals surface area contributed by atoms with E-state index in [1.807, 2.05) is 113 Å². The summed E-state index contributed by atoms with van der Waals surface area (Å²) in [7, 11) is -10.8. The zero-order chi connectivity index (χ0) is 52.1. The lowest BCUT2D eigenvalue weighted by molar-refractivity contribution is 0.0615. The van der Waals surface area contributed by atoms with E-state index in [-0.39, 0.29) is 55.1 Å². The molecule has 386 valence electrons. The van der Waals surface area contributed by atoms with Crippen molar-refractivity contribution in [3.05, 3.63) is 132 Å². The Morgan fingerprint density at radius 1 is 0.875 bits per heavy atom. The zero-order valence-corrected chi connectivity index (χ0v) is 45.2. The standard InChI is InChI=1S/C51H68N10O8S2Si/c1-50(2,3)60(49(62)63)35-42(69-72(8,9)51(4,5)6)30-54-70(64,65)45-25-24-44(58-28-26-40(27-29-58)43-31-52-36-53-43)46(48-55-56-57-61(48)34-39-20-22-41(68-7)23-21-39)47(45)71(66,67)59(32-37-16-12-10-13-17-37)33-38-18-14-11-15-19-38/h10-25,31,36,40,42,54H,26-30,32-35H2,1-9H3,(H,52,53)(H,62,63)/t42-/m0/s1. The van der Waals surface area contributed by atoms with Gasteiger partial charge in [-0.1, -0.05) is 93.6 Å². The molecule has 0 spiro atoms. The molecule has 1 fully saturated rings. The van der Waals surface area contributed by atoms with Gasteiger partial charge >= 0.3 is 6.09 Å². The Kier molecular flexibility index (Phi) is 16.5. The normalized spacial score (nSPS) is 14.7. The van der Waals surface area contributed by atoms with Gasteiger partial charge in [-0.2, -0.15) is 4.31 Å². The number of aromatic nitrogens is 6. The van der Waals surface area contributed by atoms with Gasteiger partial charge in [0.25, 0.3) is 0 Å². The molecular weight excluding hydrogens is 973 g/mol. The van der Waals surface area contributed by atoms with E-state index in [4.69, 9.17) is 9.16 Å². The molecule has 18 nitrogen and oxygen atoms in total. The van der Waals surface area contributed by atoms with Crippen LogP contribution >= 0.6 is 0 Å². The molecule has 4 aromatic carbocycles. The molecule has 21 heteroatoms. The molecule has 3 heterocycles. The van der Waals surface area contributed by atoms with Crippen LogP contribution in [0.1, 0.15) is 82.7 Å². The molecule has 1 aliphatic heterocycles. The Bertz CT molecular complexity index is 2930. The fourth-order valence-corrected chi connectivity index (χ4v) is 13.4. The van der Waals surface area contributed by atoms with Gasteiger partial charge in [-0.15, -0.1) is 5.10 Å². The Morgan fingerprint density at radius 2 is 1.49 bits per heavy atom. The minimum Gasteiger partial charge on any atom is -0.497 e. The number of imidazole rings is 1. The summed E-state index contributed by atoms with van der Waals surface area (Å²) < 4.78 is 81.3. The summed E-state index contributed by atoms with van der Waals surface area (Å²) in [5.41, 5.74) is 2.70. The van der Waals surface area contributed by atoms with Gasteiger partial charge in [-0.3, -0.25) is 0 Å². The first-order valence-corrected chi connectivity index (χ1v) is 29.9. The Morgan fingerprint density at radius 3 is 2.01 bits per heavy atom. The van der Waals surface area contributed by atoms with Crippen LogP contribution in [0.25, 0.3) is 11.4 Å². The molecule has 6 aromatic rings. The Hall–Kier alpha value is -5.97. The van der Waals surface area contributed by atoms with Crippen LogP contribution < -0.4 is 14.4 Å². The number of H-pyrrole nitrogens is 1. The molecule has 0 saturated carbocycles. The van der Waals surface area contributed by atoms with E-state index in [2.05, 4.69) is 35.1 Å². The van der Waals surface area contributed by atoms with Crippen molar-refractivity contribution in [1.82, 2.24) is 44.1 Å². The van der Waals surface area contributed by atoms with Crippen LogP contribution in [0.5, 0.6) is 5.75 Å². The number of methoxy groups -OCH3 is 1. The summed E-state index contributed by atoms with van der Waals surface area (Å²) in [6.07, 6.45) is 2.69. The molecular formula is C51H68N10O8S2Si. The van der Waals surface area contributed by atoms with Crippen molar-refractivity contribution < 1.29 is 35.9 Å². The van der Waals surface area contributed by atoms with Gasteiger partial charge < -0.3 is 29.1 Å². The number of hydrogen-bond donors (Lipinski definition) is 3. The number of tetrazole rings is 1. The quantitative estimate of drug-likeness (QED) is 0.0614. The number of anilines is 1. The van der Waals surface area contributed by atoms with Crippen LogP contribution in [0.15, 0.2) is 119 Å². The maximum Gasteiger partial charge on any atom is 0.407 e. The fourth-order valence-electron chi connectivity index (χ4n) is 8.60. The molecule has 7 rings (SSSR count). The van der Waals surface area contributed by atoms with Crippen LogP contribution in [0.4, 0.5) is 10.5 Å². The molecule has 0 bridgehead atoms. The predicted octanol–water partition coefficient (Wildman–Crippen LogP) is 8.34. The van der Waals surface area contributed by atoms with E-state index in [0.29, 0.717) is 48.5 Å². The van der Waals surface area contributed by atoms with E-state index in [1.165, 1.54) is 20.0 Å². The van der Waals surface area contributed by atoms with Gasteiger partial charge in [0.15, 0.2) is 14.1 Å². The van der Waals surface area contributed by atoms with Crippen LogP contribution in [0.3, 0.4) is 0 Å². The summed E-state index contributed by atoms with van der Waals surface area (Å²) in [4.78, 5) is 22.5. The molecule has 1 aliphatic rings. The molecule has 1 atom stereocenters. The number of amides is 1. The maximum atomic E-state index is 16.3. The van der Waals surface area contributed by atoms with E-state index in [0.717, 1.165) is 11.3 Å². The third-order valence-electron chi connectivity index (χ3n) is 13.6. The van der Waals surface area contributed by atoms with Crippen LogP contribution in [-0.4, -0.2) is 121 Å². The van der Waals surface area contributed by atoms with Crippen molar-refractivity contribution >= 4 is 40.1 Å². The van der Waals surface area contributed by atoms with Gasteiger partial charge in [0.2, 0.25) is 20.0 Å². The number of ether oxygens (including phenoxy) is 1. The second-order valence-electron chi connectivity index (χ2n) is 20.7. The lowest BCUT2D eigenvalue weighted by atomic mass is 9.93. The highest BCUT2D eigenvalue weighted by atomic mass is 32.2. The molecule has 2 aromatic heterocycles. The predicted molar refractivity (Wildman–Crippen MR) is 279 cm³/mol. The number of aromatic amines is 1. The maximum absolute atomic E-state index is 16.3. The summed E-state index contributed by atoms with van der Waals surface area (Å²) in [6.45, 7) is 15.7. The second kappa shape index (κ2) is 22.0. The first kappa shape index (κ1) is 53.8. The zero-order valence-electron chi connectivity index (χ0n) is 42.6. The Balaban J connectivity index is 1.45. The third kappa shape index (κ3) is 12.6. The first-order valence-electron chi connectivity index (χ1n) is 24.0. The highest BCUT2D eigenvalue weighted by Crippen LogP contribution is 2.44. The minimum absolute atomic E-state index is 0.0151. The molecule has 0 radical (unpaired) electrons. The average Bonchev–Trinajstić information content (AvgIpc) is 4.05. The van der Waals surface area contributed by atoms with E-state index >= 15 is 16.8 Å². The molecule has 3 N–H and O–H groups in total. The number of rotatable bonds is 20. The van der Waals surface area contributed by atoms with Crippen molar-refractivity contribution in [2.75, 3.05) is 38.2 Å². The van der Waals surface area contributed by atoms with Crippen molar-refractivity contribution in [1.29, 1.82) is 0 Å². The van der Waals surface area contributed by atoms with Gasteiger partial charge in [0, 0.05) is 61.8 Å². The number of nitrogens with one attached hydrogen (secondary N) is 2. The summed E-state index contributed by atoms with van der Waals surface area (Å²) >= 11 is 0. The third-order valence-corrected chi connectivity index (χ3v) is 21.6. The van der Waals surface area contributed by atoms with E-state index in [1.54, 1.807) is 52.4 Å². The minimum atomic E-state index is -4.87. The van der Waals surface area contributed by atoms with Crippen molar-refractivity contribution in [3.63, 3.8) is 0 Å². The van der Waals surface area contributed by atoms with Crippen molar-refractivity contribution in [2.45, 2.75) is 120 Å². The highest BCUT2D eigenvalue weighted by molar-refractivity contribution is 7.92. The number of benzene rings is 4. The number of piperidine rings is 1. The monoisotopic (exact) mass is 1040 g/mol. The van der Waals surface area contributed by atoms with Crippen molar-refractivity contribution in [3.8, 4) is 17.1 Å². The van der Waals surface area contributed by atoms with Gasteiger partial charge in [-0.05, 0) is 103 Å². The Labute approximate surface area is 425 Å². The number of sulfonamides is 2. The van der Waals surface area contributed by atoms with Gasteiger partial charge in [0.1, 0.15) is 15.5 Å².